The Morgan fingerprint density at radius 2 is 1.92 bits per heavy atom. The summed E-state index contributed by atoms with van der Waals surface area (Å²) in [5.41, 5.74) is 1.11. The first-order valence-electron chi connectivity index (χ1n) is 3.93. The highest BCUT2D eigenvalue weighted by Gasteiger charge is 1.90. The molecule has 1 nitrogen and oxygen atoms in total. The van der Waals surface area contributed by atoms with Crippen LogP contribution in [0.4, 0.5) is 5.69 Å². The molecule has 1 aromatic rings. The van der Waals surface area contributed by atoms with Crippen LogP contribution in [-0.4, -0.2) is 12.3 Å². The van der Waals surface area contributed by atoms with Crippen molar-refractivity contribution < 1.29 is 0 Å². The Bertz CT molecular complexity index is 222. The lowest BCUT2D eigenvalue weighted by Gasteiger charge is -2.04. The Morgan fingerprint density at radius 1 is 1.25 bits per heavy atom. The third-order valence-corrected chi connectivity index (χ3v) is 2.08. The number of benzene rings is 1. The fraction of sp³-hybridized carbons (Fsp3) is 0.333. The van der Waals surface area contributed by atoms with Crippen LogP contribution in [0.1, 0.15) is 6.42 Å². The molecule has 0 saturated carbocycles. The number of thiol groups is 1. The lowest BCUT2D eigenvalue weighted by Crippen LogP contribution is -2.01. The summed E-state index contributed by atoms with van der Waals surface area (Å²) in [6, 6.07) is 7.71. The Hall–Kier alpha value is -0.340. The van der Waals surface area contributed by atoms with Gasteiger partial charge in [-0.05, 0) is 36.4 Å². The van der Waals surface area contributed by atoms with E-state index in [4.69, 9.17) is 11.6 Å². The molecule has 0 spiro atoms. The molecule has 0 aliphatic rings. The summed E-state index contributed by atoms with van der Waals surface area (Å²) in [5.74, 6) is 0.917. The molecular weight excluding hydrogens is 190 g/mol. The van der Waals surface area contributed by atoms with E-state index in [0.29, 0.717) is 0 Å². The van der Waals surface area contributed by atoms with E-state index in [0.717, 1.165) is 29.4 Å². The maximum absolute atomic E-state index is 5.73. The number of rotatable bonds is 4. The highest BCUT2D eigenvalue weighted by molar-refractivity contribution is 7.80. The first kappa shape index (κ1) is 9.75. The fourth-order valence-electron chi connectivity index (χ4n) is 0.880. The van der Waals surface area contributed by atoms with Gasteiger partial charge in [-0.2, -0.15) is 12.6 Å². The van der Waals surface area contributed by atoms with Crippen molar-refractivity contribution in [3.05, 3.63) is 29.3 Å². The molecule has 66 valence electrons. The minimum Gasteiger partial charge on any atom is -0.385 e. The molecule has 1 aromatic carbocycles. The molecule has 0 atom stereocenters. The summed E-state index contributed by atoms with van der Waals surface area (Å²) < 4.78 is 0. The summed E-state index contributed by atoms with van der Waals surface area (Å²) in [7, 11) is 0. The number of halogens is 1. The van der Waals surface area contributed by atoms with Crippen LogP contribution in [0.25, 0.3) is 0 Å². The second-order valence-corrected chi connectivity index (χ2v) is 3.39. The van der Waals surface area contributed by atoms with E-state index in [9.17, 15) is 0 Å². The van der Waals surface area contributed by atoms with Crippen LogP contribution in [0.3, 0.4) is 0 Å². The van der Waals surface area contributed by atoms with Crippen LogP contribution < -0.4 is 5.32 Å². The van der Waals surface area contributed by atoms with Crippen molar-refractivity contribution in [2.45, 2.75) is 6.42 Å². The minimum absolute atomic E-state index is 0.773. The zero-order valence-corrected chi connectivity index (χ0v) is 8.41. The summed E-state index contributed by atoms with van der Waals surface area (Å²) in [5, 5.41) is 4.04. The quantitative estimate of drug-likeness (QED) is 0.564. The van der Waals surface area contributed by atoms with Gasteiger partial charge in [0.25, 0.3) is 0 Å². The Kier molecular flexibility index (Phi) is 4.33. The van der Waals surface area contributed by atoms with Gasteiger partial charge in [0.2, 0.25) is 0 Å². The third-order valence-electron chi connectivity index (χ3n) is 1.51. The normalized spacial score (nSPS) is 9.83. The van der Waals surface area contributed by atoms with Crippen molar-refractivity contribution >= 4 is 29.9 Å². The van der Waals surface area contributed by atoms with Gasteiger partial charge in [0, 0.05) is 17.3 Å². The maximum Gasteiger partial charge on any atom is 0.0407 e. The molecule has 0 aliphatic heterocycles. The average Bonchev–Trinajstić information content (AvgIpc) is 2.09. The van der Waals surface area contributed by atoms with Crippen LogP contribution in [0.5, 0.6) is 0 Å². The van der Waals surface area contributed by atoms with Crippen LogP contribution in [0.2, 0.25) is 5.02 Å². The number of nitrogens with one attached hydrogen (secondary N) is 1. The first-order valence-corrected chi connectivity index (χ1v) is 4.94. The van der Waals surface area contributed by atoms with Crippen LogP contribution >= 0.6 is 24.2 Å². The highest BCUT2D eigenvalue weighted by Crippen LogP contribution is 2.12. The Labute approximate surface area is 83.5 Å². The van der Waals surface area contributed by atoms with Crippen molar-refractivity contribution in [3.63, 3.8) is 0 Å². The predicted octanol–water partition coefficient (Wildman–Crippen LogP) is 3.07. The second kappa shape index (κ2) is 5.33. The van der Waals surface area contributed by atoms with Crippen LogP contribution in [0.15, 0.2) is 24.3 Å². The van der Waals surface area contributed by atoms with Gasteiger partial charge in [-0.25, -0.2) is 0 Å². The standard InChI is InChI=1S/C9H12ClNS/c10-8-2-4-9(5-3-8)11-6-1-7-12/h2-5,11-12H,1,6-7H2. The molecule has 0 aromatic heterocycles. The molecule has 12 heavy (non-hydrogen) atoms. The first-order chi connectivity index (χ1) is 5.83. The number of hydrogen-bond donors (Lipinski definition) is 2. The van der Waals surface area contributed by atoms with Gasteiger partial charge in [-0.3, -0.25) is 0 Å². The minimum atomic E-state index is 0.773. The monoisotopic (exact) mass is 201 g/mol. The largest absolute Gasteiger partial charge is 0.385 e. The van der Waals surface area contributed by atoms with Crippen LogP contribution in [-0.2, 0) is 0 Å². The smallest absolute Gasteiger partial charge is 0.0407 e. The second-order valence-electron chi connectivity index (χ2n) is 2.51. The lowest BCUT2D eigenvalue weighted by atomic mass is 10.3. The molecule has 0 aliphatic carbocycles. The molecule has 0 unspecified atom stereocenters. The molecule has 0 amide bonds. The van der Waals surface area contributed by atoms with E-state index in [1.165, 1.54) is 0 Å². The summed E-state index contributed by atoms with van der Waals surface area (Å²) in [4.78, 5) is 0. The van der Waals surface area contributed by atoms with Gasteiger partial charge in [-0.15, -0.1) is 0 Å². The molecule has 0 bridgehead atoms. The Morgan fingerprint density at radius 3 is 2.50 bits per heavy atom. The van der Waals surface area contributed by atoms with Gasteiger partial charge in [0.1, 0.15) is 0 Å². The molecule has 0 fully saturated rings. The molecule has 1 rings (SSSR count). The SMILES string of the molecule is SCCCNc1ccc(Cl)cc1. The number of anilines is 1. The van der Waals surface area contributed by atoms with E-state index in [-0.39, 0.29) is 0 Å². The van der Waals surface area contributed by atoms with E-state index in [2.05, 4.69) is 17.9 Å². The molecule has 1 N–H and O–H groups in total. The Balaban J connectivity index is 2.37. The lowest BCUT2D eigenvalue weighted by molar-refractivity contribution is 0.995. The van der Waals surface area contributed by atoms with Crippen molar-refractivity contribution in [2.75, 3.05) is 17.6 Å². The van der Waals surface area contributed by atoms with E-state index >= 15 is 0 Å². The third kappa shape index (κ3) is 3.37. The predicted molar refractivity (Wildman–Crippen MR) is 58.4 cm³/mol. The van der Waals surface area contributed by atoms with E-state index in [1.54, 1.807) is 0 Å². The van der Waals surface area contributed by atoms with Gasteiger partial charge in [0.05, 0.1) is 0 Å². The van der Waals surface area contributed by atoms with Gasteiger partial charge in [0.15, 0.2) is 0 Å². The van der Waals surface area contributed by atoms with Crippen molar-refractivity contribution in [1.82, 2.24) is 0 Å². The molecular formula is C9H12ClNS. The summed E-state index contributed by atoms with van der Waals surface area (Å²) in [6.07, 6.45) is 1.08. The maximum atomic E-state index is 5.73. The van der Waals surface area contributed by atoms with E-state index < -0.39 is 0 Å². The zero-order chi connectivity index (χ0) is 8.81. The van der Waals surface area contributed by atoms with Gasteiger partial charge < -0.3 is 5.32 Å². The topological polar surface area (TPSA) is 12.0 Å². The summed E-state index contributed by atoms with van der Waals surface area (Å²) in [6.45, 7) is 0.963. The van der Waals surface area contributed by atoms with Crippen molar-refractivity contribution in [1.29, 1.82) is 0 Å². The molecule has 0 heterocycles. The molecule has 0 saturated heterocycles. The molecule has 0 radical (unpaired) electrons. The van der Waals surface area contributed by atoms with Crippen LogP contribution in [0, 0.1) is 0 Å². The van der Waals surface area contributed by atoms with Crippen molar-refractivity contribution in [2.24, 2.45) is 0 Å². The zero-order valence-electron chi connectivity index (χ0n) is 6.76. The summed E-state index contributed by atoms with van der Waals surface area (Å²) >= 11 is 9.86. The molecule has 3 heteroatoms. The van der Waals surface area contributed by atoms with Gasteiger partial charge in [-0.1, -0.05) is 11.6 Å². The van der Waals surface area contributed by atoms with E-state index in [1.807, 2.05) is 24.3 Å². The average molecular weight is 202 g/mol. The number of hydrogen-bond acceptors (Lipinski definition) is 2. The fourth-order valence-corrected chi connectivity index (χ4v) is 1.16. The highest BCUT2D eigenvalue weighted by atomic mass is 35.5. The van der Waals surface area contributed by atoms with Gasteiger partial charge >= 0.3 is 0 Å². The van der Waals surface area contributed by atoms with Crippen molar-refractivity contribution in [3.8, 4) is 0 Å².